The van der Waals surface area contributed by atoms with Gasteiger partial charge in [0.05, 0.1) is 0 Å². The van der Waals surface area contributed by atoms with Crippen LogP contribution in [0.15, 0.2) is 23.4 Å². The first kappa shape index (κ1) is 16.1. The largest absolute Gasteiger partial charge is 0.389 e. The zero-order chi connectivity index (χ0) is 14.3. The number of rotatable bonds is 5. The van der Waals surface area contributed by atoms with E-state index < -0.39 is 12.6 Å². The van der Waals surface area contributed by atoms with Gasteiger partial charge < -0.3 is 5.43 Å². The molecule has 2 nitrogen and oxygen atoms in total. The number of nitrogens with one attached hydrogen (secondary N) is 1. The summed E-state index contributed by atoms with van der Waals surface area (Å²) in [7, 11) is 0. The quantitative estimate of drug-likeness (QED) is 0.583. The lowest BCUT2D eigenvalue weighted by molar-refractivity contribution is -0.134. The first-order chi connectivity index (χ1) is 8.94. The minimum absolute atomic E-state index is 0.0959. The normalized spacial score (nSPS) is 21.4. The van der Waals surface area contributed by atoms with Gasteiger partial charge in [0.2, 0.25) is 0 Å². The van der Waals surface area contributed by atoms with Crippen molar-refractivity contribution in [3.63, 3.8) is 0 Å². The average molecular weight is 276 g/mol. The van der Waals surface area contributed by atoms with E-state index in [0.29, 0.717) is 5.70 Å². The smallest absolute Gasteiger partial charge is 0.328 e. The van der Waals surface area contributed by atoms with Crippen LogP contribution < -0.4 is 11.3 Å². The van der Waals surface area contributed by atoms with E-state index in [1.807, 2.05) is 6.08 Å². The predicted molar refractivity (Wildman–Crippen MR) is 71.0 cm³/mol. The topological polar surface area (TPSA) is 38.0 Å². The fourth-order valence-corrected chi connectivity index (χ4v) is 2.32. The molecule has 0 atom stereocenters. The molecule has 0 spiro atoms. The highest BCUT2D eigenvalue weighted by atomic mass is 19.4. The molecule has 0 aromatic rings. The highest BCUT2D eigenvalue weighted by Crippen LogP contribution is 2.30. The summed E-state index contributed by atoms with van der Waals surface area (Å²) >= 11 is 0. The van der Waals surface area contributed by atoms with Crippen LogP contribution in [-0.4, -0.2) is 6.18 Å². The van der Waals surface area contributed by atoms with Crippen LogP contribution in [0, 0.1) is 5.92 Å². The maximum atomic E-state index is 12.1. The Labute approximate surface area is 112 Å². The van der Waals surface area contributed by atoms with Gasteiger partial charge in [0.1, 0.15) is 0 Å². The third-order valence-electron chi connectivity index (χ3n) is 3.71. The summed E-state index contributed by atoms with van der Waals surface area (Å²) in [6.45, 7) is 2.20. The van der Waals surface area contributed by atoms with Gasteiger partial charge >= 0.3 is 6.18 Å². The first-order valence-electron chi connectivity index (χ1n) is 6.86. The Hall–Kier alpha value is -0.970. The van der Waals surface area contributed by atoms with E-state index in [1.54, 1.807) is 6.08 Å². The van der Waals surface area contributed by atoms with E-state index in [2.05, 4.69) is 12.3 Å². The molecule has 19 heavy (non-hydrogen) atoms. The van der Waals surface area contributed by atoms with Crippen molar-refractivity contribution in [3.05, 3.63) is 23.4 Å². The van der Waals surface area contributed by atoms with Gasteiger partial charge in [0, 0.05) is 12.1 Å². The van der Waals surface area contributed by atoms with Crippen LogP contribution in [0.1, 0.15) is 51.9 Å². The van der Waals surface area contributed by atoms with E-state index in [4.69, 9.17) is 5.84 Å². The van der Waals surface area contributed by atoms with E-state index in [-0.39, 0.29) is 6.42 Å². The summed E-state index contributed by atoms with van der Waals surface area (Å²) in [6.07, 6.45) is 4.22. The van der Waals surface area contributed by atoms with Crippen LogP contribution in [0.4, 0.5) is 13.2 Å². The molecule has 1 aliphatic carbocycles. The Balaban J connectivity index is 2.48. The molecular formula is C14H23F3N2. The second kappa shape index (κ2) is 7.58. The Morgan fingerprint density at radius 3 is 2.47 bits per heavy atom. The van der Waals surface area contributed by atoms with Crippen LogP contribution in [0.3, 0.4) is 0 Å². The molecule has 0 radical (unpaired) electrons. The van der Waals surface area contributed by atoms with Crippen molar-refractivity contribution in [2.75, 3.05) is 0 Å². The third-order valence-corrected chi connectivity index (χ3v) is 3.71. The maximum absolute atomic E-state index is 12.1. The van der Waals surface area contributed by atoms with Crippen LogP contribution in [0.2, 0.25) is 0 Å². The van der Waals surface area contributed by atoms with Crippen LogP contribution in [0.5, 0.6) is 0 Å². The predicted octanol–water partition coefficient (Wildman–Crippen LogP) is 4.20. The lowest BCUT2D eigenvalue weighted by atomic mass is 9.84. The Kier molecular flexibility index (Phi) is 6.42. The lowest BCUT2D eigenvalue weighted by Gasteiger charge is -2.22. The van der Waals surface area contributed by atoms with Gasteiger partial charge in [0.15, 0.2) is 0 Å². The number of hydrogen-bond donors (Lipinski definition) is 2. The van der Waals surface area contributed by atoms with Gasteiger partial charge in [-0.25, -0.2) is 0 Å². The van der Waals surface area contributed by atoms with Crippen LogP contribution in [-0.2, 0) is 0 Å². The number of alkyl halides is 3. The summed E-state index contributed by atoms with van der Waals surface area (Å²) < 4.78 is 36.4. The summed E-state index contributed by atoms with van der Waals surface area (Å²) in [4.78, 5) is 0. The number of hydrogen-bond acceptors (Lipinski definition) is 2. The highest BCUT2D eigenvalue weighted by molar-refractivity contribution is 5.18. The lowest BCUT2D eigenvalue weighted by Crippen LogP contribution is -2.22. The number of hydrazine groups is 1. The maximum Gasteiger partial charge on any atom is 0.389 e. The third kappa shape index (κ3) is 6.66. The Morgan fingerprint density at radius 1 is 1.37 bits per heavy atom. The molecule has 0 aromatic heterocycles. The number of nitrogens with two attached hydrogens (primary N) is 1. The fraction of sp³-hybridized carbons (Fsp3) is 0.714. The van der Waals surface area contributed by atoms with Crippen molar-refractivity contribution in [3.8, 4) is 0 Å². The average Bonchev–Trinajstić information content (AvgIpc) is 2.38. The van der Waals surface area contributed by atoms with Gasteiger partial charge in [-0.1, -0.05) is 25.0 Å². The van der Waals surface area contributed by atoms with Crippen molar-refractivity contribution in [2.45, 2.75) is 58.0 Å². The minimum atomic E-state index is -4.14. The van der Waals surface area contributed by atoms with E-state index in [0.717, 1.165) is 18.8 Å². The highest BCUT2D eigenvalue weighted by Gasteiger charge is 2.26. The summed E-state index contributed by atoms with van der Waals surface area (Å²) in [5, 5.41) is 0. The second-order valence-electron chi connectivity index (χ2n) is 5.13. The SMILES string of the molecule is CCC1CCC(=C/C=C(/CCC(F)(F)F)NN)CC1. The van der Waals surface area contributed by atoms with Crippen LogP contribution >= 0.6 is 0 Å². The molecule has 0 aliphatic heterocycles. The van der Waals surface area contributed by atoms with Crippen molar-refractivity contribution >= 4 is 0 Å². The molecule has 1 aliphatic rings. The van der Waals surface area contributed by atoms with Crippen molar-refractivity contribution in [1.82, 2.24) is 5.43 Å². The summed E-state index contributed by atoms with van der Waals surface area (Å²) in [5.41, 5.74) is 4.09. The van der Waals surface area contributed by atoms with E-state index in [1.165, 1.54) is 24.8 Å². The Morgan fingerprint density at radius 2 is 2.00 bits per heavy atom. The molecule has 110 valence electrons. The molecule has 0 heterocycles. The molecule has 5 heteroatoms. The zero-order valence-corrected chi connectivity index (χ0v) is 11.4. The molecule has 0 bridgehead atoms. The van der Waals surface area contributed by atoms with Crippen molar-refractivity contribution < 1.29 is 13.2 Å². The minimum Gasteiger partial charge on any atom is -0.328 e. The van der Waals surface area contributed by atoms with Gasteiger partial charge in [-0.3, -0.25) is 5.84 Å². The monoisotopic (exact) mass is 276 g/mol. The molecule has 0 unspecified atom stereocenters. The second-order valence-corrected chi connectivity index (χ2v) is 5.13. The zero-order valence-electron chi connectivity index (χ0n) is 11.4. The number of allylic oxidation sites excluding steroid dienone is 4. The summed E-state index contributed by atoms with van der Waals surface area (Å²) in [5.74, 6) is 6.05. The first-order valence-corrected chi connectivity index (χ1v) is 6.86. The van der Waals surface area contributed by atoms with E-state index >= 15 is 0 Å². The molecule has 0 saturated heterocycles. The Bertz CT molecular complexity index is 322. The molecule has 0 aromatic carbocycles. The standard InChI is InChI=1S/C14H23F3N2/c1-2-11-3-5-12(6-4-11)7-8-13(19-18)9-10-14(15,16)17/h7-8,11,19H,2-6,9-10,18H2,1H3/b12-7?,13-8-. The molecular weight excluding hydrogens is 253 g/mol. The van der Waals surface area contributed by atoms with Gasteiger partial charge in [-0.15, -0.1) is 0 Å². The fourth-order valence-electron chi connectivity index (χ4n) is 2.32. The molecule has 1 saturated carbocycles. The molecule has 0 amide bonds. The van der Waals surface area contributed by atoms with Crippen molar-refractivity contribution in [1.29, 1.82) is 0 Å². The van der Waals surface area contributed by atoms with Crippen LogP contribution in [0.25, 0.3) is 0 Å². The van der Waals surface area contributed by atoms with Gasteiger partial charge in [-0.05, 0) is 44.1 Å². The van der Waals surface area contributed by atoms with Crippen molar-refractivity contribution in [2.24, 2.45) is 11.8 Å². The molecule has 1 fully saturated rings. The van der Waals surface area contributed by atoms with E-state index in [9.17, 15) is 13.2 Å². The molecule has 3 N–H and O–H groups in total. The number of halogens is 3. The molecule has 1 rings (SSSR count). The summed E-state index contributed by atoms with van der Waals surface area (Å²) in [6, 6.07) is 0. The van der Waals surface area contributed by atoms with Gasteiger partial charge in [-0.2, -0.15) is 13.2 Å². The van der Waals surface area contributed by atoms with Gasteiger partial charge in [0.25, 0.3) is 0 Å².